The SMILES string of the molecule is C=CC(=O)Nc1cc2c(Nc3cc(Cl)c(Oc4ccn5ncnc5c4)cc3C(C)(C)O)ncnc2cc1OC. The van der Waals surface area contributed by atoms with Crippen molar-refractivity contribution in [1.29, 1.82) is 0 Å². The number of pyridine rings is 1. The Kier molecular flexibility index (Phi) is 6.77. The van der Waals surface area contributed by atoms with Crippen molar-refractivity contribution in [2.45, 2.75) is 19.4 Å². The Morgan fingerprint density at radius 1 is 1.10 bits per heavy atom. The molecule has 11 nitrogen and oxygen atoms in total. The molecule has 0 saturated carbocycles. The molecule has 0 spiro atoms. The van der Waals surface area contributed by atoms with Crippen molar-refractivity contribution in [3.8, 4) is 17.2 Å². The van der Waals surface area contributed by atoms with Crippen LogP contribution in [0.25, 0.3) is 16.6 Å². The molecule has 1 amide bonds. The van der Waals surface area contributed by atoms with Crippen LogP contribution < -0.4 is 20.1 Å². The minimum absolute atomic E-state index is 0.297. The van der Waals surface area contributed by atoms with Crippen molar-refractivity contribution in [1.82, 2.24) is 24.6 Å². The second-order valence-electron chi connectivity index (χ2n) is 9.02. The number of hydrogen-bond acceptors (Lipinski definition) is 9. The number of ether oxygens (including phenoxy) is 2. The lowest BCUT2D eigenvalue weighted by atomic mass is 9.96. The number of aliphatic hydroxyl groups is 1. The zero-order valence-electron chi connectivity index (χ0n) is 21.3. The minimum Gasteiger partial charge on any atom is -0.494 e. The van der Waals surface area contributed by atoms with Crippen molar-refractivity contribution in [3.05, 3.63) is 78.5 Å². The lowest BCUT2D eigenvalue weighted by Gasteiger charge is -2.24. The zero-order valence-corrected chi connectivity index (χ0v) is 22.0. The average Bonchev–Trinajstić information content (AvgIpc) is 3.37. The van der Waals surface area contributed by atoms with E-state index in [4.69, 9.17) is 21.1 Å². The van der Waals surface area contributed by atoms with Crippen molar-refractivity contribution >= 4 is 51.3 Å². The second kappa shape index (κ2) is 10.2. The Morgan fingerprint density at radius 2 is 1.92 bits per heavy atom. The first-order valence-electron chi connectivity index (χ1n) is 11.7. The molecule has 0 saturated heterocycles. The third kappa shape index (κ3) is 5.31. The number of benzene rings is 2. The molecular formula is C27H24ClN7O4. The van der Waals surface area contributed by atoms with Crippen LogP contribution >= 0.6 is 11.6 Å². The van der Waals surface area contributed by atoms with Gasteiger partial charge < -0.3 is 25.2 Å². The number of halogens is 1. The summed E-state index contributed by atoms with van der Waals surface area (Å²) in [4.78, 5) is 24.9. The summed E-state index contributed by atoms with van der Waals surface area (Å²) in [6.45, 7) is 6.79. The largest absolute Gasteiger partial charge is 0.494 e. The quantitative estimate of drug-likeness (QED) is 0.224. The van der Waals surface area contributed by atoms with Crippen molar-refractivity contribution in [2.24, 2.45) is 0 Å². The smallest absolute Gasteiger partial charge is 0.247 e. The number of methoxy groups -OCH3 is 1. The van der Waals surface area contributed by atoms with Crippen molar-refractivity contribution in [3.63, 3.8) is 0 Å². The second-order valence-corrected chi connectivity index (χ2v) is 9.43. The third-order valence-corrected chi connectivity index (χ3v) is 6.16. The molecule has 0 aliphatic rings. The Balaban J connectivity index is 1.55. The Morgan fingerprint density at radius 3 is 2.67 bits per heavy atom. The molecule has 0 unspecified atom stereocenters. The van der Waals surface area contributed by atoms with Gasteiger partial charge in [-0.3, -0.25) is 4.79 Å². The molecule has 3 N–H and O–H groups in total. The monoisotopic (exact) mass is 545 g/mol. The molecule has 3 aromatic heterocycles. The van der Waals surface area contributed by atoms with Crippen LogP contribution in [-0.4, -0.2) is 42.7 Å². The highest BCUT2D eigenvalue weighted by molar-refractivity contribution is 6.32. The maximum Gasteiger partial charge on any atom is 0.247 e. The molecule has 0 aliphatic carbocycles. The van der Waals surface area contributed by atoms with Gasteiger partial charge in [0.25, 0.3) is 0 Å². The van der Waals surface area contributed by atoms with E-state index in [0.717, 1.165) is 6.08 Å². The van der Waals surface area contributed by atoms with E-state index in [1.54, 1.807) is 61.0 Å². The van der Waals surface area contributed by atoms with Gasteiger partial charge in [-0.25, -0.2) is 19.5 Å². The Labute approximate surface area is 228 Å². The van der Waals surface area contributed by atoms with Gasteiger partial charge in [-0.2, -0.15) is 5.10 Å². The summed E-state index contributed by atoms with van der Waals surface area (Å²) >= 11 is 6.64. The molecule has 198 valence electrons. The van der Waals surface area contributed by atoms with E-state index in [2.05, 4.69) is 37.3 Å². The highest BCUT2D eigenvalue weighted by Crippen LogP contribution is 2.41. The first kappa shape index (κ1) is 25.9. The fourth-order valence-corrected chi connectivity index (χ4v) is 4.19. The van der Waals surface area contributed by atoms with Crippen LogP contribution in [-0.2, 0) is 10.4 Å². The fraction of sp³-hybridized carbons (Fsp3) is 0.148. The number of nitrogens with zero attached hydrogens (tertiary/aromatic N) is 5. The molecule has 3 heterocycles. The number of anilines is 3. The summed E-state index contributed by atoms with van der Waals surface area (Å²) in [5.74, 6) is 1.30. The molecule has 12 heteroatoms. The Hall–Kier alpha value is -4.74. The van der Waals surface area contributed by atoms with E-state index in [9.17, 15) is 9.90 Å². The van der Waals surface area contributed by atoms with Crippen LogP contribution in [0.3, 0.4) is 0 Å². The van der Waals surface area contributed by atoms with Crippen LogP contribution in [0.1, 0.15) is 19.4 Å². The van der Waals surface area contributed by atoms with Gasteiger partial charge in [0, 0.05) is 35.0 Å². The zero-order chi connectivity index (χ0) is 27.7. The summed E-state index contributed by atoms with van der Waals surface area (Å²) in [6.07, 6.45) is 5.73. The first-order chi connectivity index (χ1) is 18.7. The fourth-order valence-electron chi connectivity index (χ4n) is 3.99. The first-order valence-corrected chi connectivity index (χ1v) is 12.1. The Bertz CT molecular complexity index is 1730. The van der Waals surface area contributed by atoms with E-state index >= 15 is 0 Å². The van der Waals surface area contributed by atoms with Crippen LogP contribution in [0.2, 0.25) is 5.02 Å². The number of aromatic nitrogens is 5. The predicted octanol–water partition coefficient (Wildman–Crippen LogP) is 5.22. The molecule has 5 aromatic rings. The summed E-state index contributed by atoms with van der Waals surface area (Å²) in [5.41, 5.74) is 1.33. The molecule has 0 atom stereocenters. The van der Waals surface area contributed by atoms with E-state index in [1.165, 1.54) is 19.8 Å². The number of nitrogens with one attached hydrogen (secondary N) is 2. The molecule has 0 radical (unpaired) electrons. The van der Waals surface area contributed by atoms with E-state index in [1.807, 2.05) is 0 Å². The normalized spacial score (nSPS) is 11.4. The summed E-state index contributed by atoms with van der Waals surface area (Å²) < 4.78 is 13.1. The number of rotatable bonds is 8. The van der Waals surface area contributed by atoms with Gasteiger partial charge >= 0.3 is 0 Å². The number of fused-ring (bicyclic) bond motifs is 2. The van der Waals surface area contributed by atoms with E-state index in [0.29, 0.717) is 61.6 Å². The molecule has 0 bridgehead atoms. The highest BCUT2D eigenvalue weighted by atomic mass is 35.5. The van der Waals surface area contributed by atoms with Gasteiger partial charge in [-0.15, -0.1) is 0 Å². The summed E-state index contributed by atoms with van der Waals surface area (Å²) in [5, 5.41) is 22.0. The van der Waals surface area contributed by atoms with Gasteiger partial charge in [-0.1, -0.05) is 18.2 Å². The van der Waals surface area contributed by atoms with E-state index in [-0.39, 0.29) is 0 Å². The van der Waals surface area contributed by atoms with E-state index < -0.39 is 11.5 Å². The third-order valence-electron chi connectivity index (χ3n) is 5.86. The van der Waals surface area contributed by atoms with Gasteiger partial charge in [-0.05, 0) is 44.2 Å². The topological polar surface area (TPSA) is 136 Å². The molecular weight excluding hydrogens is 522 g/mol. The van der Waals surface area contributed by atoms with Crippen LogP contribution in [0, 0.1) is 0 Å². The van der Waals surface area contributed by atoms with Gasteiger partial charge in [0.1, 0.15) is 35.7 Å². The maximum atomic E-state index is 12.0. The predicted molar refractivity (Wildman–Crippen MR) is 148 cm³/mol. The molecule has 5 rings (SSSR count). The molecule has 0 aliphatic heterocycles. The van der Waals surface area contributed by atoms with Crippen LogP contribution in [0.5, 0.6) is 17.2 Å². The van der Waals surface area contributed by atoms with Gasteiger partial charge in [0.05, 0.1) is 28.9 Å². The average molecular weight is 546 g/mol. The minimum atomic E-state index is -1.28. The molecule has 39 heavy (non-hydrogen) atoms. The lowest BCUT2D eigenvalue weighted by molar-refractivity contribution is -0.111. The number of carbonyl (C=O) groups excluding carboxylic acids is 1. The standard InChI is InChI=1S/C27H24ClN7O4/c1-5-25(36)33-21-9-16-19(12-23(21)38-4)29-13-31-26(16)34-20-11-18(28)22(10-17(20)27(2,3)37)39-15-6-7-35-24(8-15)30-14-32-35/h5-14,37H,1H2,2-4H3,(H,33,36)(H,29,31,34). The highest BCUT2D eigenvalue weighted by Gasteiger charge is 2.24. The summed E-state index contributed by atoms with van der Waals surface area (Å²) in [6, 6.07) is 10.2. The van der Waals surface area contributed by atoms with Crippen molar-refractivity contribution < 1.29 is 19.4 Å². The lowest BCUT2D eigenvalue weighted by Crippen LogP contribution is -2.18. The van der Waals surface area contributed by atoms with Gasteiger partial charge in [0.15, 0.2) is 5.65 Å². The number of carbonyl (C=O) groups is 1. The van der Waals surface area contributed by atoms with Gasteiger partial charge in [0.2, 0.25) is 5.91 Å². The van der Waals surface area contributed by atoms with Crippen LogP contribution in [0.15, 0.2) is 67.9 Å². The van der Waals surface area contributed by atoms with Crippen LogP contribution in [0.4, 0.5) is 17.2 Å². The summed E-state index contributed by atoms with van der Waals surface area (Å²) in [7, 11) is 1.50. The number of amides is 1. The number of hydrogen-bond donors (Lipinski definition) is 3. The molecule has 0 fully saturated rings. The maximum absolute atomic E-state index is 12.0. The molecule has 2 aromatic carbocycles. The van der Waals surface area contributed by atoms with Crippen molar-refractivity contribution in [2.75, 3.05) is 17.7 Å².